The molecule has 2 aromatic heterocycles. The first-order valence-corrected chi connectivity index (χ1v) is 6.27. The van der Waals surface area contributed by atoms with E-state index in [-0.39, 0.29) is 23.7 Å². The van der Waals surface area contributed by atoms with Crippen molar-refractivity contribution in [1.29, 1.82) is 0 Å². The van der Waals surface area contributed by atoms with Crippen molar-refractivity contribution < 1.29 is 14.9 Å². The van der Waals surface area contributed by atoms with E-state index < -0.39 is 30.1 Å². The molecule has 1 aliphatic rings. The summed E-state index contributed by atoms with van der Waals surface area (Å²) in [6.07, 6.45) is -3.23. The summed E-state index contributed by atoms with van der Waals surface area (Å²) >= 11 is 0. The van der Waals surface area contributed by atoms with Crippen LogP contribution in [-0.2, 0) is 4.74 Å². The third kappa shape index (κ3) is 2.16. The fourth-order valence-corrected chi connectivity index (χ4v) is 2.36. The van der Waals surface area contributed by atoms with E-state index in [0.29, 0.717) is 0 Å². The van der Waals surface area contributed by atoms with E-state index in [2.05, 4.69) is 25.0 Å². The molecule has 0 aliphatic carbocycles. The first kappa shape index (κ1) is 14.3. The van der Waals surface area contributed by atoms with Gasteiger partial charge in [0, 0.05) is 4.91 Å². The fourth-order valence-electron chi connectivity index (χ4n) is 2.36. The molecule has 0 spiro atoms. The fraction of sp³-hybridized carbons (Fsp3) is 0.500. The largest absolute Gasteiger partial charge is 0.388 e. The number of azide groups is 1. The molecule has 1 saturated heterocycles. The van der Waals surface area contributed by atoms with Gasteiger partial charge in [-0.15, -0.1) is 0 Å². The van der Waals surface area contributed by atoms with Gasteiger partial charge >= 0.3 is 0 Å². The van der Waals surface area contributed by atoms with Gasteiger partial charge in [-0.1, -0.05) is 5.11 Å². The summed E-state index contributed by atoms with van der Waals surface area (Å²) in [4.78, 5) is 24.5. The number of hydrogen-bond acceptors (Lipinski definition) is 8. The zero-order chi connectivity index (χ0) is 15.9. The molecule has 22 heavy (non-hydrogen) atoms. The number of fused-ring (bicyclic) bond motifs is 1. The zero-order valence-electron chi connectivity index (χ0n) is 11.1. The van der Waals surface area contributed by atoms with Gasteiger partial charge in [-0.25, -0.2) is 4.98 Å². The average molecular weight is 308 g/mol. The quantitative estimate of drug-likeness (QED) is 0.305. The predicted molar refractivity (Wildman–Crippen MR) is 72.5 cm³/mol. The van der Waals surface area contributed by atoms with Crippen LogP contribution in [0, 0.1) is 0 Å². The molecule has 2 aromatic rings. The average Bonchev–Trinajstić information content (AvgIpc) is 3.00. The number of anilines is 1. The molecule has 4 atom stereocenters. The van der Waals surface area contributed by atoms with Crippen LogP contribution in [0.2, 0.25) is 0 Å². The molecule has 0 unspecified atom stereocenters. The minimum atomic E-state index is -1.31. The Bertz CT molecular complexity index is 809. The second kappa shape index (κ2) is 5.27. The molecule has 0 bridgehead atoms. The molecular weight excluding hydrogens is 296 g/mol. The lowest BCUT2D eigenvalue weighted by molar-refractivity contribution is -0.0321. The van der Waals surface area contributed by atoms with Crippen LogP contribution in [0.4, 0.5) is 5.95 Å². The summed E-state index contributed by atoms with van der Waals surface area (Å²) in [6.45, 7) is -0.145. The number of nitrogens with two attached hydrogens (primary N) is 1. The number of nitrogens with zero attached hydrogens (tertiary/aromatic N) is 6. The van der Waals surface area contributed by atoms with Crippen molar-refractivity contribution in [2.75, 3.05) is 12.3 Å². The lowest BCUT2D eigenvalue weighted by Gasteiger charge is -2.16. The van der Waals surface area contributed by atoms with Crippen molar-refractivity contribution in [3.8, 4) is 0 Å². The van der Waals surface area contributed by atoms with Crippen molar-refractivity contribution in [2.45, 2.75) is 24.5 Å². The highest BCUT2D eigenvalue weighted by Crippen LogP contribution is 2.31. The number of aromatic amines is 1. The highest BCUT2D eigenvalue weighted by molar-refractivity contribution is 5.70. The van der Waals surface area contributed by atoms with Crippen molar-refractivity contribution in [3.05, 3.63) is 27.1 Å². The number of ether oxygens (including phenoxy) is 1. The van der Waals surface area contributed by atoms with Gasteiger partial charge in [-0.3, -0.25) is 14.3 Å². The molecule has 1 aliphatic heterocycles. The Kier molecular flexibility index (Phi) is 3.42. The van der Waals surface area contributed by atoms with Crippen LogP contribution in [0.25, 0.3) is 21.6 Å². The second-order valence-electron chi connectivity index (χ2n) is 4.73. The molecule has 0 aromatic carbocycles. The van der Waals surface area contributed by atoms with Crippen molar-refractivity contribution >= 4 is 17.1 Å². The van der Waals surface area contributed by atoms with Crippen LogP contribution in [0.3, 0.4) is 0 Å². The van der Waals surface area contributed by atoms with Gasteiger partial charge in [0.25, 0.3) is 5.56 Å². The van der Waals surface area contributed by atoms with Crippen LogP contribution in [0.15, 0.2) is 16.2 Å². The number of aliphatic hydroxyl groups is 2. The molecule has 5 N–H and O–H groups in total. The Morgan fingerprint density at radius 1 is 1.55 bits per heavy atom. The first-order chi connectivity index (χ1) is 10.5. The van der Waals surface area contributed by atoms with Crippen LogP contribution in [0.5, 0.6) is 0 Å². The Labute approximate surface area is 121 Å². The number of hydrogen-bond donors (Lipinski definition) is 4. The minimum absolute atomic E-state index is 0.0259. The normalized spacial score (nSPS) is 27.9. The van der Waals surface area contributed by atoms with Gasteiger partial charge < -0.3 is 20.7 Å². The number of nitrogen functional groups attached to an aromatic ring is 1. The highest BCUT2D eigenvalue weighted by atomic mass is 16.6. The smallest absolute Gasteiger partial charge is 0.280 e. The summed E-state index contributed by atoms with van der Waals surface area (Å²) in [6, 6.07) is 0. The maximum atomic E-state index is 11.7. The molecular formula is C10H12N8O4. The lowest BCUT2D eigenvalue weighted by atomic mass is 10.1. The molecule has 0 saturated carbocycles. The Hall–Kier alpha value is -2.66. The molecule has 3 heterocycles. The van der Waals surface area contributed by atoms with Crippen LogP contribution < -0.4 is 11.3 Å². The molecule has 0 amide bonds. The van der Waals surface area contributed by atoms with E-state index in [0.717, 1.165) is 0 Å². The summed E-state index contributed by atoms with van der Waals surface area (Å²) < 4.78 is 6.78. The first-order valence-electron chi connectivity index (χ1n) is 6.27. The van der Waals surface area contributed by atoms with Gasteiger partial charge in [0.2, 0.25) is 5.95 Å². The van der Waals surface area contributed by atoms with Gasteiger partial charge in [0.15, 0.2) is 17.4 Å². The summed E-state index contributed by atoms with van der Waals surface area (Å²) in [5, 5.41) is 23.3. The summed E-state index contributed by atoms with van der Waals surface area (Å²) in [5.74, 6) is -0.113. The van der Waals surface area contributed by atoms with Gasteiger partial charge in [-0.2, -0.15) is 4.98 Å². The standard InChI is InChI=1S/C10H12N8O4/c11-10-15-7-4(8(21)16-10)13-2-18(7)9-6(20)5(19)3(22-9)1-14-17-12/h2-3,5-6,9,19-20H,1H2,(H3,11,15,16,21)/t3-,5+,6+,9-/m0/s1. The monoisotopic (exact) mass is 308 g/mol. The van der Waals surface area contributed by atoms with E-state index in [1.807, 2.05) is 0 Å². The minimum Gasteiger partial charge on any atom is -0.388 e. The molecule has 12 heteroatoms. The van der Waals surface area contributed by atoms with Crippen molar-refractivity contribution in [2.24, 2.45) is 5.11 Å². The van der Waals surface area contributed by atoms with Crippen LogP contribution in [-0.4, -0.2) is 54.6 Å². The number of H-pyrrole nitrogens is 1. The highest BCUT2D eigenvalue weighted by Gasteiger charge is 2.43. The SMILES string of the molecule is [N-]=[N+]=NC[C@@H]1O[C@H](n2cnc3c(=O)[nH]c(N)nc32)[C@H](O)[C@@H]1O. The van der Waals surface area contributed by atoms with Gasteiger partial charge in [-0.05, 0) is 5.53 Å². The van der Waals surface area contributed by atoms with E-state index in [1.165, 1.54) is 10.9 Å². The van der Waals surface area contributed by atoms with Crippen LogP contribution in [0.1, 0.15) is 6.23 Å². The van der Waals surface area contributed by atoms with Gasteiger partial charge in [0.1, 0.15) is 12.2 Å². The second-order valence-corrected chi connectivity index (χ2v) is 4.73. The van der Waals surface area contributed by atoms with Crippen molar-refractivity contribution in [3.63, 3.8) is 0 Å². The topological polar surface area (TPSA) is 188 Å². The predicted octanol–water partition coefficient (Wildman–Crippen LogP) is -1.37. The molecule has 116 valence electrons. The van der Waals surface area contributed by atoms with E-state index in [9.17, 15) is 15.0 Å². The molecule has 12 nitrogen and oxygen atoms in total. The summed E-state index contributed by atoms with van der Waals surface area (Å²) in [7, 11) is 0. The number of nitrogens with one attached hydrogen (secondary N) is 1. The zero-order valence-corrected chi connectivity index (χ0v) is 11.1. The Morgan fingerprint density at radius 3 is 3.05 bits per heavy atom. The molecule has 0 radical (unpaired) electrons. The molecule has 1 fully saturated rings. The number of imidazole rings is 1. The third-order valence-corrected chi connectivity index (χ3v) is 3.39. The van der Waals surface area contributed by atoms with E-state index in [4.69, 9.17) is 16.0 Å². The van der Waals surface area contributed by atoms with E-state index >= 15 is 0 Å². The lowest BCUT2D eigenvalue weighted by Crippen LogP contribution is -2.32. The van der Waals surface area contributed by atoms with E-state index in [1.54, 1.807) is 0 Å². The molecule has 3 rings (SSSR count). The van der Waals surface area contributed by atoms with Crippen LogP contribution >= 0.6 is 0 Å². The van der Waals surface area contributed by atoms with Crippen molar-refractivity contribution in [1.82, 2.24) is 19.5 Å². The number of rotatable bonds is 3. The Balaban J connectivity index is 2.01. The maximum Gasteiger partial charge on any atom is 0.280 e. The van der Waals surface area contributed by atoms with Gasteiger partial charge in [0.05, 0.1) is 19.0 Å². The number of aromatic nitrogens is 4. The number of aliphatic hydroxyl groups excluding tert-OH is 2. The third-order valence-electron chi connectivity index (χ3n) is 3.39. The maximum absolute atomic E-state index is 11.7. The summed E-state index contributed by atoms with van der Waals surface area (Å²) in [5.41, 5.74) is 13.4. The Morgan fingerprint density at radius 2 is 2.32 bits per heavy atom.